The quantitative estimate of drug-likeness (QED) is 0.513. The number of benzene rings is 2. The van der Waals surface area contributed by atoms with E-state index in [9.17, 15) is 4.79 Å². The molecule has 0 spiro atoms. The zero-order valence-electron chi connectivity index (χ0n) is 9.74. The molecule has 0 aliphatic heterocycles. The van der Waals surface area contributed by atoms with Crippen LogP contribution in [-0.4, -0.2) is 5.78 Å². The molecule has 1 nitrogen and oxygen atoms in total. The summed E-state index contributed by atoms with van der Waals surface area (Å²) in [5, 5.41) is 0.819. The Kier molecular flexibility index (Phi) is 4.81. The molecule has 0 saturated carbocycles. The number of carbonyl (C=O) groups is 1. The number of hydrogen-bond donors (Lipinski definition) is 0. The molecule has 96 valence electrons. The van der Waals surface area contributed by atoms with Gasteiger partial charge in [-0.3, -0.25) is 4.79 Å². The molecule has 4 heteroatoms. The molecule has 0 saturated heterocycles. The average molecular weight is 356 g/mol. The highest BCUT2D eigenvalue weighted by Crippen LogP contribution is 2.23. The summed E-state index contributed by atoms with van der Waals surface area (Å²) in [4.78, 5) is 12.0. The monoisotopic (exact) mass is 354 g/mol. The van der Waals surface area contributed by atoms with E-state index in [4.69, 9.17) is 23.2 Å². The summed E-state index contributed by atoms with van der Waals surface area (Å²) >= 11 is 15.0. The van der Waals surface area contributed by atoms with Crippen LogP contribution < -0.4 is 0 Å². The fourth-order valence-corrected chi connectivity index (χ4v) is 2.05. The summed E-state index contributed by atoms with van der Waals surface area (Å²) < 4.78 is 1.00. The predicted molar refractivity (Wildman–Crippen MR) is 84.0 cm³/mol. The van der Waals surface area contributed by atoms with Gasteiger partial charge >= 0.3 is 0 Å². The lowest BCUT2D eigenvalue weighted by molar-refractivity contribution is 0.104. The van der Waals surface area contributed by atoms with Gasteiger partial charge in [0, 0.05) is 10.0 Å². The van der Waals surface area contributed by atoms with Gasteiger partial charge in [-0.25, -0.2) is 0 Å². The van der Waals surface area contributed by atoms with E-state index in [2.05, 4.69) is 15.9 Å². The van der Waals surface area contributed by atoms with Crippen molar-refractivity contribution in [1.82, 2.24) is 0 Å². The molecule has 0 atom stereocenters. The van der Waals surface area contributed by atoms with Crippen LogP contribution in [0.2, 0.25) is 10.0 Å². The SMILES string of the molecule is O=C(/C=C/c1ccc(Br)cc1)c1ccc(Cl)c(Cl)c1. The zero-order chi connectivity index (χ0) is 13.8. The topological polar surface area (TPSA) is 17.1 Å². The number of carbonyl (C=O) groups excluding carboxylic acids is 1. The molecule has 0 aliphatic carbocycles. The van der Waals surface area contributed by atoms with Gasteiger partial charge in [-0.1, -0.05) is 57.3 Å². The molecule has 2 rings (SSSR count). The van der Waals surface area contributed by atoms with Crippen molar-refractivity contribution in [3.63, 3.8) is 0 Å². The highest BCUT2D eigenvalue weighted by atomic mass is 79.9. The van der Waals surface area contributed by atoms with Crippen molar-refractivity contribution in [3.8, 4) is 0 Å². The van der Waals surface area contributed by atoms with E-state index in [-0.39, 0.29) is 5.78 Å². The molecule has 0 radical (unpaired) electrons. The van der Waals surface area contributed by atoms with E-state index in [0.29, 0.717) is 15.6 Å². The number of rotatable bonds is 3. The maximum atomic E-state index is 12.0. The van der Waals surface area contributed by atoms with Gasteiger partial charge in [0.1, 0.15) is 0 Å². The third-order valence-corrected chi connectivity index (χ3v) is 3.77. The van der Waals surface area contributed by atoms with Crippen LogP contribution in [0.4, 0.5) is 0 Å². The van der Waals surface area contributed by atoms with Crippen LogP contribution in [0.25, 0.3) is 6.08 Å². The average Bonchev–Trinajstić information content (AvgIpc) is 2.41. The molecule has 0 aliphatic rings. The van der Waals surface area contributed by atoms with Crippen LogP contribution in [0.3, 0.4) is 0 Å². The smallest absolute Gasteiger partial charge is 0.185 e. The minimum Gasteiger partial charge on any atom is -0.289 e. The maximum Gasteiger partial charge on any atom is 0.185 e. The fraction of sp³-hybridized carbons (Fsp3) is 0. The van der Waals surface area contributed by atoms with Crippen LogP contribution >= 0.6 is 39.1 Å². The molecular formula is C15H9BrCl2O. The van der Waals surface area contributed by atoms with Crippen molar-refractivity contribution >= 4 is 51.0 Å². The molecule has 2 aromatic rings. The molecule has 0 unspecified atom stereocenters. The lowest BCUT2D eigenvalue weighted by Gasteiger charge is -1.99. The van der Waals surface area contributed by atoms with E-state index < -0.39 is 0 Å². The molecule has 0 aromatic heterocycles. The van der Waals surface area contributed by atoms with Gasteiger partial charge in [-0.2, -0.15) is 0 Å². The minimum atomic E-state index is -0.110. The molecule has 0 fully saturated rings. The summed E-state index contributed by atoms with van der Waals surface area (Å²) in [6, 6.07) is 12.5. The molecule has 0 N–H and O–H groups in total. The van der Waals surface area contributed by atoms with Crippen molar-refractivity contribution in [3.05, 3.63) is 74.2 Å². The Morgan fingerprint density at radius 3 is 2.32 bits per heavy atom. The molecule has 0 bridgehead atoms. The van der Waals surface area contributed by atoms with Crippen LogP contribution in [-0.2, 0) is 0 Å². The first-order valence-corrected chi connectivity index (χ1v) is 7.04. The first-order chi connectivity index (χ1) is 9.06. The Morgan fingerprint density at radius 1 is 1.00 bits per heavy atom. The molecule has 19 heavy (non-hydrogen) atoms. The third kappa shape index (κ3) is 3.93. The van der Waals surface area contributed by atoms with Crippen LogP contribution in [0.5, 0.6) is 0 Å². The minimum absolute atomic E-state index is 0.110. The highest BCUT2D eigenvalue weighted by Gasteiger charge is 2.04. The predicted octanol–water partition coefficient (Wildman–Crippen LogP) is 5.65. The van der Waals surface area contributed by atoms with E-state index in [1.807, 2.05) is 24.3 Å². The van der Waals surface area contributed by atoms with Crippen molar-refractivity contribution in [2.24, 2.45) is 0 Å². The summed E-state index contributed by atoms with van der Waals surface area (Å²) in [7, 11) is 0. The first-order valence-electron chi connectivity index (χ1n) is 5.49. The van der Waals surface area contributed by atoms with E-state index in [1.165, 1.54) is 6.08 Å². The number of halogens is 3. The van der Waals surface area contributed by atoms with Gasteiger partial charge in [-0.05, 0) is 42.0 Å². The normalized spacial score (nSPS) is 10.9. The summed E-state index contributed by atoms with van der Waals surface area (Å²) in [6.45, 7) is 0. The van der Waals surface area contributed by atoms with Crippen molar-refractivity contribution in [2.75, 3.05) is 0 Å². The van der Waals surface area contributed by atoms with Gasteiger partial charge in [0.2, 0.25) is 0 Å². The highest BCUT2D eigenvalue weighted by molar-refractivity contribution is 9.10. The van der Waals surface area contributed by atoms with E-state index in [1.54, 1.807) is 24.3 Å². The van der Waals surface area contributed by atoms with E-state index >= 15 is 0 Å². The van der Waals surface area contributed by atoms with Gasteiger partial charge in [0.05, 0.1) is 10.0 Å². The van der Waals surface area contributed by atoms with Gasteiger partial charge in [0.15, 0.2) is 5.78 Å². The fourth-order valence-electron chi connectivity index (χ4n) is 1.49. The number of ketones is 1. The first kappa shape index (κ1) is 14.3. The summed E-state index contributed by atoms with van der Waals surface area (Å²) in [6.07, 6.45) is 3.28. The molecule has 0 heterocycles. The number of allylic oxidation sites excluding steroid dienone is 1. The van der Waals surface area contributed by atoms with Gasteiger partial charge in [-0.15, -0.1) is 0 Å². The zero-order valence-corrected chi connectivity index (χ0v) is 12.8. The second kappa shape index (κ2) is 6.38. The Balaban J connectivity index is 2.16. The lowest BCUT2D eigenvalue weighted by atomic mass is 10.1. The lowest BCUT2D eigenvalue weighted by Crippen LogP contribution is -1.93. The van der Waals surface area contributed by atoms with Crippen LogP contribution in [0, 0.1) is 0 Å². The second-order valence-electron chi connectivity index (χ2n) is 3.88. The second-order valence-corrected chi connectivity index (χ2v) is 5.61. The summed E-state index contributed by atoms with van der Waals surface area (Å²) in [5.74, 6) is -0.110. The molecular weight excluding hydrogens is 347 g/mol. The van der Waals surface area contributed by atoms with Crippen LogP contribution in [0.15, 0.2) is 53.0 Å². The Morgan fingerprint density at radius 2 is 1.68 bits per heavy atom. The van der Waals surface area contributed by atoms with Crippen molar-refractivity contribution in [1.29, 1.82) is 0 Å². The van der Waals surface area contributed by atoms with Crippen molar-refractivity contribution < 1.29 is 4.79 Å². The van der Waals surface area contributed by atoms with E-state index in [0.717, 1.165) is 10.0 Å². The Hall–Kier alpha value is -1.09. The Bertz CT molecular complexity index is 633. The summed E-state index contributed by atoms with van der Waals surface area (Å²) in [5.41, 5.74) is 1.47. The molecule has 2 aromatic carbocycles. The maximum absolute atomic E-state index is 12.0. The van der Waals surface area contributed by atoms with Gasteiger partial charge < -0.3 is 0 Å². The van der Waals surface area contributed by atoms with Crippen LogP contribution in [0.1, 0.15) is 15.9 Å². The Labute approximate surface area is 130 Å². The number of hydrogen-bond acceptors (Lipinski definition) is 1. The largest absolute Gasteiger partial charge is 0.289 e. The van der Waals surface area contributed by atoms with Crippen molar-refractivity contribution in [2.45, 2.75) is 0 Å². The standard InChI is InChI=1S/C15H9BrCl2O/c16-12-5-1-10(2-6-12)3-8-15(19)11-4-7-13(17)14(18)9-11/h1-9H/b8-3+. The van der Waals surface area contributed by atoms with Gasteiger partial charge in [0.25, 0.3) is 0 Å². The third-order valence-electron chi connectivity index (χ3n) is 2.50. The molecule has 0 amide bonds.